The highest BCUT2D eigenvalue weighted by Gasteiger charge is 2.58. The van der Waals surface area contributed by atoms with E-state index in [1.807, 2.05) is 0 Å². The fraction of sp³-hybridized carbons (Fsp3) is 0.333. The van der Waals surface area contributed by atoms with E-state index in [2.05, 4.69) is 15.2 Å². The molecule has 1 aromatic heterocycles. The van der Waals surface area contributed by atoms with Gasteiger partial charge in [0, 0.05) is 24.5 Å². The summed E-state index contributed by atoms with van der Waals surface area (Å²) in [5.41, 5.74) is -1.77. The largest absolute Gasteiger partial charge is 0.424 e. The summed E-state index contributed by atoms with van der Waals surface area (Å²) >= 11 is 0.720. The zero-order chi connectivity index (χ0) is 22.1. The van der Waals surface area contributed by atoms with E-state index in [-0.39, 0.29) is 0 Å². The highest BCUT2D eigenvalue weighted by Crippen LogP contribution is 2.44. The molecule has 1 aliphatic rings. The smallest absolute Gasteiger partial charge is 0.378 e. The second-order valence-corrected chi connectivity index (χ2v) is 8.25. The van der Waals surface area contributed by atoms with Crippen LogP contribution in [0.5, 0.6) is 0 Å². The number of benzene rings is 2. The summed E-state index contributed by atoms with van der Waals surface area (Å²) in [6, 6.07) is 13.3. The topological polar surface area (TPSA) is 74.7 Å². The number of ether oxygens (including phenoxy) is 1. The van der Waals surface area contributed by atoms with E-state index < -0.39 is 29.1 Å². The van der Waals surface area contributed by atoms with E-state index in [0.29, 0.717) is 29.1 Å². The summed E-state index contributed by atoms with van der Waals surface area (Å²) in [5, 5.41) is 12.4. The number of nitrogens with zero attached hydrogens (tertiary/aromatic N) is 2. The molecule has 2 heterocycles. The van der Waals surface area contributed by atoms with Gasteiger partial charge in [0.25, 0.3) is 0 Å². The van der Waals surface area contributed by atoms with Gasteiger partial charge in [0.15, 0.2) is 0 Å². The molecule has 3 aromatic rings. The number of hydrogen-bond donors (Lipinski definition) is 2. The molecule has 0 unspecified atom stereocenters. The summed E-state index contributed by atoms with van der Waals surface area (Å²) in [4.78, 5) is 18.5. The molecular formula is C21H20F3N3O3S. The first-order valence-corrected chi connectivity index (χ1v) is 10.5. The van der Waals surface area contributed by atoms with Gasteiger partial charge in [-0.25, -0.2) is 4.98 Å². The molecule has 10 heteroatoms. The summed E-state index contributed by atoms with van der Waals surface area (Å²) in [5.74, 6) is -0.960. The number of aliphatic hydroxyl groups is 1. The van der Waals surface area contributed by atoms with Crippen LogP contribution in [0.25, 0.3) is 10.2 Å². The van der Waals surface area contributed by atoms with Crippen molar-refractivity contribution in [1.29, 1.82) is 0 Å². The van der Waals surface area contributed by atoms with Crippen LogP contribution in [0.15, 0.2) is 48.5 Å². The number of alkyl halides is 3. The Morgan fingerprint density at radius 3 is 2.45 bits per heavy atom. The minimum Gasteiger partial charge on any atom is -0.378 e. The maximum atomic E-state index is 13.8. The van der Waals surface area contributed by atoms with Crippen molar-refractivity contribution in [3.05, 3.63) is 53.5 Å². The summed E-state index contributed by atoms with van der Waals surface area (Å²) in [6.45, 7) is 2.74. The standard InChI is InChI=1S/C21H20F3N3O3S/c22-21(23,24)20(29,19-26-16-3-1-2-4-17(16)31-19)13-18(28)25-14-5-7-15(8-6-14)27-9-11-30-12-10-27/h1-8,29H,9-13H2,(H,25,28)/t20-/m0/s1. The number of thiazole rings is 1. The van der Waals surface area contributed by atoms with Gasteiger partial charge in [-0.05, 0) is 36.4 Å². The van der Waals surface area contributed by atoms with Crippen LogP contribution in [0.2, 0.25) is 0 Å². The Hall–Kier alpha value is -2.69. The lowest BCUT2D eigenvalue weighted by molar-refractivity contribution is -0.266. The normalized spacial score (nSPS) is 16.8. The van der Waals surface area contributed by atoms with Gasteiger partial charge in [-0.3, -0.25) is 4.79 Å². The van der Waals surface area contributed by atoms with Gasteiger partial charge in [0.2, 0.25) is 11.5 Å². The Morgan fingerprint density at radius 2 is 1.81 bits per heavy atom. The highest BCUT2D eigenvalue weighted by atomic mass is 32.1. The van der Waals surface area contributed by atoms with Crippen molar-refractivity contribution in [3.8, 4) is 0 Å². The number of carbonyl (C=O) groups is 1. The maximum Gasteiger partial charge on any atom is 0.424 e. The van der Waals surface area contributed by atoms with Gasteiger partial charge in [0.05, 0.1) is 29.9 Å². The van der Waals surface area contributed by atoms with Gasteiger partial charge in [-0.15, -0.1) is 11.3 Å². The van der Waals surface area contributed by atoms with Crippen molar-refractivity contribution < 1.29 is 27.8 Å². The number of para-hydroxylation sites is 1. The molecule has 0 bridgehead atoms. The number of nitrogens with one attached hydrogen (secondary N) is 1. The number of rotatable bonds is 5. The number of morpholine rings is 1. The molecule has 1 atom stereocenters. The number of amides is 1. The molecule has 1 amide bonds. The molecule has 0 spiro atoms. The van der Waals surface area contributed by atoms with E-state index in [1.54, 1.807) is 48.5 Å². The number of carbonyl (C=O) groups excluding carboxylic acids is 1. The van der Waals surface area contributed by atoms with Crippen LogP contribution < -0.4 is 10.2 Å². The third-order valence-electron chi connectivity index (χ3n) is 5.06. The minimum atomic E-state index is -5.07. The Balaban J connectivity index is 1.50. The molecule has 164 valence electrons. The van der Waals surface area contributed by atoms with Crippen molar-refractivity contribution in [2.75, 3.05) is 36.5 Å². The van der Waals surface area contributed by atoms with Crippen LogP contribution in [0.1, 0.15) is 11.4 Å². The van der Waals surface area contributed by atoms with E-state index in [1.165, 1.54) is 0 Å². The number of fused-ring (bicyclic) bond motifs is 1. The van der Waals surface area contributed by atoms with Crippen molar-refractivity contribution in [2.45, 2.75) is 18.2 Å². The molecule has 4 rings (SSSR count). The third-order valence-corrected chi connectivity index (χ3v) is 6.25. The molecule has 1 aliphatic heterocycles. The van der Waals surface area contributed by atoms with E-state index in [4.69, 9.17) is 4.74 Å². The minimum absolute atomic E-state index is 0.337. The van der Waals surface area contributed by atoms with Crippen LogP contribution >= 0.6 is 11.3 Å². The number of halogens is 3. The predicted molar refractivity (Wildman–Crippen MR) is 112 cm³/mol. The Labute approximate surface area is 180 Å². The average Bonchev–Trinajstić information content (AvgIpc) is 3.19. The molecule has 2 aromatic carbocycles. The highest BCUT2D eigenvalue weighted by molar-refractivity contribution is 7.18. The van der Waals surface area contributed by atoms with Crippen molar-refractivity contribution in [3.63, 3.8) is 0 Å². The van der Waals surface area contributed by atoms with Crippen LogP contribution in [-0.4, -0.2) is 48.5 Å². The Bertz CT molecular complexity index is 1030. The summed E-state index contributed by atoms with van der Waals surface area (Å²) < 4.78 is 47.2. The van der Waals surface area contributed by atoms with Crippen LogP contribution in [-0.2, 0) is 15.1 Å². The second kappa shape index (κ2) is 8.45. The monoisotopic (exact) mass is 451 g/mol. The lowest BCUT2D eigenvalue weighted by Gasteiger charge is -2.29. The molecular weight excluding hydrogens is 431 g/mol. The molecule has 0 radical (unpaired) electrons. The third kappa shape index (κ3) is 4.51. The van der Waals surface area contributed by atoms with Gasteiger partial charge in [-0.1, -0.05) is 12.1 Å². The SMILES string of the molecule is O=C(C[C@](O)(c1nc2ccccc2s1)C(F)(F)F)Nc1ccc(N2CCOCC2)cc1. The fourth-order valence-corrected chi connectivity index (χ4v) is 4.43. The number of hydrogen-bond acceptors (Lipinski definition) is 6. The average molecular weight is 451 g/mol. The molecule has 1 fully saturated rings. The van der Waals surface area contributed by atoms with E-state index in [0.717, 1.165) is 30.1 Å². The fourth-order valence-electron chi connectivity index (χ4n) is 3.36. The zero-order valence-corrected chi connectivity index (χ0v) is 17.2. The van der Waals surface area contributed by atoms with Crippen LogP contribution in [0.3, 0.4) is 0 Å². The first-order valence-electron chi connectivity index (χ1n) is 9.64. The Morgan fingerprint density at radius 1 is 1.13 bits per heavy atom. The first-order chi connectivity index (χ1) is 14.8. The Kier molecular flexibility index (Phi) is 5.87. The molecule has 0 aliphatic carbocycles. The van der Waals surface area contributed by atoms with Gasteiger partial charge in [0.1, 0.15) is 5.01 Å². The van der Waals surface area contributed by atoms with E-state index in [9.17, 15) is 23.1 Å². The predicted octanol–water partition coefficient (Wildman–Crippen LogP) is 3.91. The molecule has 1 saturated heterocycles. The van der Waals surface area contributed by atoms with Gasteiger partial charge in [-0.2, -0.15) is 13.2 Å². The summed E-state index contributed by atoms with van der Waals surface area (Å²) in [6.07, 6.45) is -6.26. The molecule has 31 heavy (non-hydrogen) atoms. The maximum absolute atomic E-state index is 13.8. The summed E-state index contributed by atoms with van der Waals surface area (Å²) in [7, 11) is 0. The lowest BCUT2D eigenvalue weighted by Crippen LogP contribution is -2.45. The first kappa shape index (κ1) is 21.5. The second-order valence-electron chi connectivity index (χ2n) is 7.22. The number of aromatic nitrogens is 1. The quantitative estimate of drug-likeness (QED) is 0.615. The van der Waals surface area contributed by atoms with Crippen molar-refractivity contribution in [1.82, 2.24) is 4.98 Å². The lowest BCUT2D eigenvalue weighted by atomic mass is 9.99. The van der Waals surface area contributed by atoms with Crippen LogP contribution in [0.4, 0.5) is 24.5 Å². The molecule has 6 nitrogen and oxygen atoms in total. The van der Waals surface area contributed by atoms with Crippen LogP contribution in [0, 0.1) is 0 Å². The molecule has 2 N–H and O–H groups in total. The molecule has 0 saturated carbocycles. The van der Waals surface area contributed by atoms with Gasteiger partial charge < -0.3 is 20.1 Å². The number of anilines is 2. The van der Waals surface area contributed by atoms with Crippen molar-refractivity contribution >= 4 is 38.8 Å². The van der Waals surface area contributed by atoms with E-state index >= 15 is 0 Å². The zero-order valence-electron chi connectivity index (χ0n) is 16.4. The van der Waals surface area contributed by atoms with Gasteiger partial charge >= 0.3 is 6.18 Å². The van der Waals surface area contributed by atoms with Crippen molar-refractivity contribution in [2.24, 2.45) is 0 Å².